The van der Waals surface area contributed by atoms with Crippen LogP contribution in [0.2, 0.25) is 0 Å². The smallest absolute Gasteiger partial charge is 0.294 e. The number of ketones is 1. The first-order valence-corrected chi connectivity index (χ1v) is 9.03. The quantitative estimate of drug-likeness (QED) is 0.510. The summed E-state index contributed by atoms with van der Waals surface area (Å²) < 4.78 is 10.8. The van der Waals surface area contributed by atoms with Crippen molar-refractivity contribution in [2.24, 2.45) is 0 Å². The van der Waals surface area contributed by atoms with Crippen LogP contribution in [-0.2, 0) is 4.79 Å². The number of amides is 1. The normalized spacial score (nSPS) is 16.8. The van der Waals surface area contributed by atoms with E-state index < -0.39 is 23.5 Å². The van der Waals surface area contributed by atoms with Crippen LogP contribution in [0, 0.1) is 0 Å². The maximum absolute atomic E-state index is 13.1. The van der Waals surface area contributed by atoms with E-state index in [4.69, 9.17) is 8.83 Å². The van der Waals surface area contributed by atoms with Gasteiger partial charge in [0.1, 0.15) is 11.8 Å². The number of rotatable bonds is 4. The van der Waals surface area contributed by atoms with Gasteiger partial charge in [0, 0.05) is 5.39 Å². The lowest BCUT2D eigenvalue weighted by molar-refractivity contribution is -0.117. The SMILES string of the molecule is O=C(C1=C(O)C(=O)N(c2cccc3ccccc23)C1c1ccco1)c1ccco1. The second-order valence-corrected chi connectivity index (χ2v) is 6.66. The summed E-state index contributed by atoms with van der Waals surface area (Å²) in [5.74, 6) is -1.44. The number of fused-ring (bicyclic) bond motifs is 1. The van der Waals surface area contributed by atoms with E-state index in [1.807, 2.05) is 36.4 Å². The zero-order valence-electron chi connectivity index (χ0n) is 15.1. The van der Waals surface area contributed by atoms with Gasteiger partial charge < -0.3 is 13.9 Å². The Balaban J connectivity index is 1.72. The van der Waals surface area contributed by atoms with Crippen molar-refractivity contribution in [1.82, 2.24) is 0 Å². The van der Waals surface area contributed by atoms with Crippen molar-refractivity contribution in [2.45, 2.75) is 6.04 Å². The average Bonchev–Trinajstić information content (AvgIpc) is 3.50. The first kappa shape index (κ1) is 17.1. The Labute approximate surface area is 165 Å². The van der Waals surface area contributed by atoms with Gasteiger partial charge in [-0.2, -0.15) is 0 Å². The van der Waals surface area contributed by atoms with E-state index in [1.54, 1.807) is 24.3 Å². The van der Waals surface area contributed by atoms with E-state index in [2.05, 4.69) is 0 Å². The molecular weight excluding hydrogens is 370 g/mol. The molecule has 0 saturated carbocycles. The van der Waals surface area contributed by atoms with Crippen molar-refractivity contribution >= 4 is 28.2 Å². The van der Waals surface area contributed by atoms with Gasteiger partial charge in [-0.25, -0.2) is 0 Å². The monoisotopic (exact) mass is 385 g/mol. The van der Waals surface area contributed by atoms with Gasteiger partial charge in [-0.05, 0) is 35.7 Å². The van der Waals surface area contributed by atoms with E-state index in [-0.39, 0.29) is 11.3 Å². The van der Waals surface area contributed by atoms with Crippen molar-refractivity contribution in [2.75, 3.05) is 4.90 Å². The van der Waals surface area contributed by atoms with Crippen LogP contribution in [0.3, 0.4) is 0 Å². The molecule has 1 atom stereocenters. The van der Waals surface area contributed by atoms with Crippen LogP contribution in [0.25, 0.3) is 10.8 Å². The largest absolute Gasteiger partial charge is 0.503 e. The maximum atomic E-state index is 13.1. The number of hydrogen-bond acceptors (Lipinski definition) is 5. The summed E-state index contributed by atoms with van der Waals surface area (Å²) in [5.41, 5.74) is 0.496. The number of furan rings is 2. The minimum atomic E-state index is -0.916. The van der Waals surface area contributed by atoms with E-state index in [0.29, 0.717) is 11.4 Å². The van der Waals surface area contributed by atoms with E-state index >= 15 is 0 Å². The number of carbonyl (C=O) groups is 2. The molecule has 0 spiro atoms. The lowest BCUT2D eigenvalue weighted by atomic mass is 9.99. The Hall–Kier alpha value is -4.06. The summed E-state index contributed by atoms with van der Waals surface area (Å²) in [4.78, 5) is 27.6. The molecule has 3 heterocycles. The number of hydrogen-bond donors (Lipinski definition) is 1. The van der Waals surface area contributed by atoms with Gasteiger partial charge in [0.25, 0.3) is 5.91 Å². The fraction of sp³-hybridized carbons (Fsp3) is 0.0435. The maximum Gasteiger partial charge on any atom is 0.294 e. The van der Waals surface area contributed by atoms with Crippen LogP contribution < -0.4 is 4.90 Å². The standard InChI is InChI=1S/C23H15NO5/c25-21(18-11-5-13-29-18)19-20(17-10-4-12-28-17)24(23(27)22(19)26)16-9-3-7-14-6-1-2-8-15(14)16/h1-13,20,26H. The summed E-state index contributed by atoms with van der Waals surface area (Å²) in [6.07, 6.45) is 2.83. The van der Waals surface area contributed by atoms with Crippen molar-refractivity contribution < 1.29 is 23.5 Å². The first-order chi connectivity index (χ1) is 14.2. The van der Waals surface area contributed by atoms with Gasteiger partial charge in [-0.3, -0.25) is 14.5 Å². The lowest BCUT2D eigenvalue weighted by Crippen LogP contribution is -2.31. The molecule has 1 aliphatic rings. The molecule has 4 aromatic rings. The summed E-state index contributed by atoms with van der Waals surface area (Å²) in [6, 6.07) is 18.6. The van der Waals surface area contributed by atoms with Gasteiger partial charge in [0.05, 0.1) is 23.8 Å². The second-order valence-electron chi connectivity index (χ2n) is 6.66. The Morgan fingerprint density at radius 3 is 2.41 bits per heavy atom. The first-order valence-electron chi connectivity index (χ1n) is 9.03. The molecule has 2 aromatic heterocycles. The molecule has 0 aliphatic carbocycles. The van der Waals surface area contributed by atoms with Crippen LogP contribution in [0.1, 0.15) is 22.4 Å². The van der Waals surface area contributed by atoms with Gasteiger partial charge in [0.15, 0.2) is 11.5 Å². The molecule has 1 N–H and O–H groups in total. The van der Waals surface area contributed by atoms with Crippen molar-refractivity contribution in [3.8, 4) is 0 Å². The zero-order valence-corrected chi connectivity index (χ0v) is 15.1. The minimum absolute atomic E-state index is 0.0377. The number of aliphatic hydroxyl groups excluding tert-OH is 1. The molecule has 0 bridgehead atoms. The Morgan fingerprint density at radius 1 is 0.897 bits per heavy atom. The van der Waals surface area contributed by atoms with E-state index in [1.165, 1.54) is 23.5 Å². The highest BCUT2D eigenvalue weighted by molar-refractivity contribution is 6.21. The third-order valence-electron chi connectivity index (χ3n) is 5.04. The van der Waals surface area contributed by atoms with Gasteiger partial charge in [-0.15, -0.1) is 0 Å². The van der Waals surface area contributed by atoms with Crippen LogP contribution in [-0.4, -0.2) is 16.8 Å². The highest BCUT2D eigenvalue weighted by atomic mass is 16.3. The molecule has 1 amide bonds. The molecule has 2 aromatic carbocycles. The molecule has 1 aliphatic heterocycles. The highest BCUT2D eigenvalue weighted by Gasteiger charge is 2.47. The fourth-order valence-electron chi connectivity index (χ4n) is 3.76. The van der Waals surface area contributed by atoms with E-state index in [9.17, 15) is 14.7 Å². The minimum Gasteiger partial charge on any atom is -0.503 e. The Morgan fingerprint density at radius 2 is 1.66 bits per heavy atom. The van der Waals surface area contributed by atoms with Crippen molar-refractivity contribution in [1.29, 1.82) is 0 Å². The van der Waals surface area contributed by atoms with Crippen LogP contribution >= 0.6 is 0 Å². The lowest BCUT2D eigenvalue weighted by Gasteiger charge is -2.26. The van der Waals surface area contributed by atoms with Crippen LogP contribution in [0.4, 0.5) is 5.69 Å². The number of anilines is 1. The molecule has 0 fully saturated rings. The van der Waals surface area contributed by atoms with Crippen LogP contribution in [0.5, 0.6) is 0 Å². The number of carbonyl (C=O) groups excluding carboxylic acids is 2. The summed E-state index contributed by atoms with van der Waals surface area (Å²) in [6.45, 7) is 0. The fourth-order valence-corrected chi connectivity index (χ4v) is 3.76. The average molecular weight is 385 g/mol. The highest BCUT2D eigenvalue weighted by Crippen LogP contribution is 2.44. The topological polar surface area (TPSA) is 83.9 Å². The molecule has 1 unspecified atom stereocenters. The molecule has 29 heavy (non-hydrogen) atoms. The summed E-state index contributed by atoms with van der Waals surface area (Å²) in [7, 11) is 0. The van der Waals surface area contributed by atoms with E-state index in [0.717, 1.165) is 10.8 Å². The van der Waals surface area contributed by atoms with Crippen molar-refractivity contribution in [3.05, 3.63) is 102 Å². The Bertz CT molecular complexity index is 1250. The molecule has 5 rings (SSSR count). The predicted molar refractivity (Wildman–Crippen MR) is 106 cm³/mol. The molecule has 0 radical (unpaired) electrons. The number of nitrogens with zero attached hydrogens (tertiary/aromatic N) is 1. The van der Waals surface area contributed by atoms with Gasteiger partial charge >= 0.3 is 0 Å². The molecule has 0 saturated heterocycles. The summed E-state index contributed by atoms with van der Waals surface area (Å²) >= 11 is 0. The van der Waals surface area contributed by atoms with Gasteiger partial charge in [-0.1, -0.05) is 36.4 Å². The molecule has 6 nitrogen and oxygen atoms in total. The molecule has 142 valence electrons. The van der Waals surface area contributed by atoms with Crippen LogP contribution in [0.15, 0.2) is 99.4 Å². The zero-order chi connectivity index (χ0) is 20.0. The number of Topliss-reactive ketones (excluding diaryl/α,β-unsaturated/α-hetero) is 1. The number of benzene rings is 2. The molecular formula is C23H15NO5. The third-order valence-corrected chi connectivity index (χ3v) is 5.04. The third kappa shape index (κ3) is 2.57. The number of aliphatic hydroxyl groups is 1. The van der Waals surface area contributed by atoms with Crippen molar-refractivity contribution in [3.63, 3.8) is 0 Å². The Kier molecular flexibility index (Phi) is 3.84. The summed E-state index contributed by atoms with van der Waals surface area (Å²) in [5, 5.41) is 12.4. The second kappa shape index (κ2) is 6.53. The molecule has 6 heteroatoms. The van der Waals surface area contributed by atoms with Gasteiger partial charge in [0.2, 0.25) is 5.78 Å². The predicted octanol–water partition coefficient (Wildman–Crippen LogP) is 4.81.